The third-order valence-corrected chi connectivity index (χ3v) is 2.56. The van der Waals surface area contributed by atoms with Crippen molar-refractivity contribution >= 4 is 5.91 Å². The number of aromatic nitrogens is 1. The largest absolute Gasteiger partial charge is 0.493 e. The number of rotatable bonds is 4. The van der Waals surface area contributed by atoms with Crippen LogP contribution in [-0.2, 0) is 0 Å². The van der Waals surface area contributed by atoms with E-state index in [2.05, 4.69) is 4.98 Å². The number of benzene rings is 1. The van der Waals surface area contributed by atoms with E-state index in [0.29, 0.717) is 22.8 Å². The molecule has 3 N–H and O–H groups in total. The fraction of sp³-hybridized carbons (Fsp3) is 0.167. The second kappa shape index (κ2) is 5.40. The van der Waals surface area contributed by atoms with Crippen molar-refractivity contribution in [3.63, 3.8) is 0 Å². The van der Waals surface area contributed by atoms with Crippen molar-refractivity contribution in [1.29, 1.82) is 0 Å². The molecule has 100 valence electrons. The maximum Gasteiger partial charge on any atom is 0.287 e. The van der Waals surface area contributed by atoms with Crippen molar-refractivity contribution in [2.24, 2.45) is 5.84 Å². The zero-order valence-electron chi connectivity index (χ0n) is 10.5. The SMILES string of the molecule is COc1ccc(-c2ocnc2C(=O)NN)cc1OC. The quantitative estimate of drug-likeness (QED) is 0.484. The van der Waals surface area contributed by atoms with Gasteiger partial charge in [0.15, 0.2) is 29.3 Å². The Morgan fingerprint density at radius 3 is 2.68 bits per heavy atom. The molecule has 0 saturated heterocycles. The number of nitrogen functional groups attached to an aromatic ring is 1. The molecular formula is C12H13N3O4. The highest BCUT2D eigenvalue weighted by molar-refractivity contribution is 5.97. The number of nitrogens with one attached hydrogen (secondary N) is 1. The number of hydrogen-bond acceptors (Lipinski definition) is 6. The molecule has 2 aromatic rings. The van der Waals surface area contributed by atoms with Gasteiger partial charge in [0.05, 0.1) is 14.2 Å². The van der Waals surface area contributed by atoms with Gasteiger partial charge >= 0.3 is 0 Å². The first-order valence-electron chi connectivity index (χ1n) is 5.38. The molecule has 0 aliphatic carbocycles. The summed E-state index contributed by atoms with van der Waals surface area (Å²) in [6.45, 7) is 0. The normalized spacial score (nSPS) is 10.1. The summed E-state index contributed by atoms with van der Waals surface area (Å²) in [5, 5.41) is 0. The molecule has 0 saturated carbocycles. The Hall–Kier alpha value is -2.54. The molecule has 0 unspecified atom stereocenters. The molecule has 0 spiro atoms. The van der Waals surface area contributed by atoms with Crippen LogP contribution in [0.5, 0.6) is 11.5 Å². The highest BCUT2D eigenvalue weighted by atomic mass is 16.5. The van der Waals surface area contributed by atoms with Crippen molar-refractivity contribution in [3.05, 3.63) is 30.3 Å². The number of hydrogen-bond donors (Lipinski definition) is 2. The van der Waals surface area contributed by atoms with Crippen molar-refractivity contribution in [1.82, 2.24) is 10.4 Å². The lowest BCUT2D eigenvalue weighted by Gasteiger charge is -2.08. The van der Waals surface area contributed by atoms with Crippen LogP contribution in [0.25, 0.3) is 11.3 Å². The van der Waals surface area contributed by atoms with Crippen LogP contribution in [0.15, 0.2) is 29.0 Å². The maximum absolute atomic E-state index is 11.5. The topological polar surface area (TPSA) is 99.6 Å². The van der Waals surface area contributed by atoms with Gasteiger partial charge in [0.1, 0.15) is 0 Å². The zero-order chi connectivity index (χ0) is 13.8. The van der Waals surface area contributed by atoms with Crippen LogP contribution in [0.3, 0.4) is 0 Å². The Balaban J connectivity index is 2.48. The van der Waals surface area contributed by atoms with Gasteiger partial charge in [0.25, 0.3) is 5.91 Å². The second-order valence-electron chi connectivity index (χ2n) is 3.57. The number of hydrazine groups is 1. The summed E-state index contributed by atoms with van der Waals surface area (Å²) in [6, 6.07) is 5.13. The third-order valence-electron chi connectivity index (χ3n) is 2.56. The minimum atomic E-state index is -0.529. The molecule has 7 heteroatoms. The summed E-state index contributed by atoms with van der Waals surface area (Å²) in [5.74, 6) is 5.97. The summed E-state index contributed by atoms with van der Waals surface area (Å²) in [6.07, 6.45) is 1.18. The summed E-state index contributed by atoms with van der Waals surface area (Å²) in [7, 11) is 3.06. The summed E-state index contributed by atoms with van der Waals surface area (Å²) in [4.78, 5) is 15.4. The summed E-state index contributed by atoms with van der Waals surface area (Å²) >= 11 is 0. The molecule has 0 fully saturated rings. The van der Waals surface area contributed by atoms with Crippen LogP contribution in [0.2, 0.25) is 0 Å². The van der Waals surface area contributed by atoms with Gasteiger partial charge in [-0.1, -0.05) is 0 Å². The van der Waals surface area contributed by atoms with E-state index in [4.69, 9.17) is 19.7 Å². The number of carbonyl (C=O) groups excluding carboxylic acids is 1. The van der Waals surface area contributed by atoms with Gasteiger partial charge < -0.3 is 13.9 Å². The van der Waals surface area contributed by atoms with Gasteiger partial charge in [0.2, 0.25) is 0 Å². The van der Waals surface area contributed by atoms with Crippen molar-refractivity contribution in [2.75, 3.05) is 14.2 Å². The zero-order valence-corrected chi connectivity index (χ0v) is 10.5. The molecule has 0 aliphatic rings. The van der Waals surface area contributed by atoms with E-state index in [0.717, 1.165) is 0 Å². The summed E-state index contributed by atoms with van der Waals surface area (Å²) in [5.41, 5.74) is 2.75. The molecule has 1 aromatic heterocycles. The average molecular weight is 263 g/mol. The Kier molecular flexibility index (Phi) is 3.67. The molecule has 19 heavy (non-hydrogen) atoms. The van der Waals surface area contributed by atoms with Gasteiger partial charge in [-0.3, -0.25) is 10.2 Å². The van der Waals surface area contributed by atoms with Crippen molar-refractivity contribution in [3.8, 4) is 22.8 Å². The molecule has 1 amide bonds. The van der Waals surface area contributed by atoms with Crippen LogP contribution in [-0.4, -0.2) is 25.1 Å². The van der Waals surface area contributed by atoms with Crippen LogP contribution in [0, 0.1) is 0 Å². The van der Waals surface area contributed by atoms with Crippen molar-refractivity contribution < 1.29 is 18.7 Å². The Morgan fingerprint density at radius 1 is 1.32 bits per heavy atom. The number of carbonyl (C=O) groups is 1. The first-order valence-corrected chi connectivity index (χ1v) is 5.38. The Morgan fingerprint density at radius 2 is 2.05 bits per heavy atom. The molecule has 1 aromatic carbocycles. The first kappa shape index (κ1) is 12.9. The number of amides is 1. The molecule has 1 heterocycles. The Labute approximate surface area is 109 Å². The number of nitrogens with zero attached hydrogens (tertiary/aromatic N) is 1. The molecular weight excluding hydrogens is 250 g/mol. The highest BCUT2D eigenvalue weighted by Crippen LogP contribution is 2.33. The molecule has 2 rings (SSSR count). The van der Waals surface area contributed by atoms with Gasteiger partial charge in [-0.15, -0.1) is 0 Å². The lowest BCUT2D eigenvalue weighted by atomic mass is 10.1. The predicted molar refractivity (Wildman–Crippen MR) is 66.7 cm³/mol. The van der Waals surface area contributed by atoms with Gasteiger partial charge in [-0.2, -0.15) is 0 Å². The predicted octanol–water partition coefficient (Wildman–Crippen LogP) is 0.962. The lowest BCUT2D eigenvalue weighted by molar-refractivity contribution is 0.0949. The highest BCUT2D eigenvalue weighted by Gasteiger charge is 2.18. The monoisotopic (exact) mass is 263 g/mol. The molecule has 7 nitrogen and oxygen atoms in total. The van der Waals surface area contributed by atoms with E-state index in [9.17, 15) is 4.79 Å². The first-order chi connectivity index (χ1) is 9.21. The minimum Gasteiger partial charge on any atom is -0.493 e. The van der Waals surface area contributed by atoms with Gasteiger partial charge in [0, 0.05) is 5.56 Å². The fourth-order valence-corrected chi connectivity index (χ4v) is 1.66. The number of methoxy groups -OCH3 is 2. The van der Waals surface area contributed by atoms with Gasteiger partial charge in [-0.05, 0) is 18.2 Å². The third kappa shape index (κ3) is 2.36. The van der Waals surface area contributed by atoms with Gasteiger partial charge in [-0.25, -0.2) is 10.8 Å². The average Bonchev–Trinajstić information content (AvgIpc) is 2.95. The van der Waals surface area contributed by atoms with Crippen LogP contribution < -0.4 is 20.7 Å². The second-order valence-corrected chi connectivity index (χ2v) is 3.57. The van der Waals surface area contributed by atoms with E-state index in [1.54, 1.807) is 25.3 Å². The van der Waals surface area contributed by atoms with E-state index in [-0.39, 0.29) is 5.69 Å². The molecule has 0 atom stereocenters. The van der Waals surface area contributed by atoms with Crippen LogP contribution >= 0.6 is 0 Å². The van der Waals surface area contributed by atoms with Crippen LogP contribution in [0.1, 0.15) is 10.5 Å². The van der Waals surface area contributed by atoms with Crippen molar-refractivity contribution in [2.45, 2.75) is 0 Å². The smallest absolute Gasteiger partial charge is 0.287 e. The van der Waals surface area contributed by atoms with E-state index in [1.165, 1.54) is 13.5 Å². The Bertz CT molecular complexity index is 594. The summed E-state index contributed by atoms with van der Waals surface area (Å²) < 4.78 is 15.5. The molecule has 0 aliphatic heterocycles. The van der Waals surface area contributed by atoms with E-state index in [1.807, 2.05) is 5.43 Å². The minimum absolute atomic E-state index is 0.106. The standard InChI is InChI=1S/C12H13N3O4/c1-17-8-4-3-7(5-9(8)18-2)11-10(12(16)15-13)14-6-19-11/h3-6H,13H2,1-2H3,(H,15,16). The number of ether oxygens (including phenoxy) is 2. The van der Waals surface area contributed by atoms with Crippen LogP contribution in [0.4, 0.5) is 0 Å². The molecule has 0 bridgehead atoms. The number of oxazole rings is 1. The van der Waals surface area contributed by atoms with E-state index < -0.39 is 5.91 Å². The fourth-order valence-electron chi connectivity index (χ4n) is 1.66. The number of nitrogens with two attached hydrogens (primary N) is 1. The maximum atomic E-state index is 11.5. The lowest BCUT2D eigenvalue weighted by Crippen LogP contribution is -2.30. The van der Waals surface area contributed by atoms with E-state index >= 15 is 0 Å². The molecule has 0 radical (unpaired) electrons.